The minimum atomic E-state index is -1.07. The molecule has 182 valence electrons. The lowest BCUT2D eigenvalue weighted by atomic mass is 9.74. The van der Waals surface area contributed by atoms with E-state index in [2.05, 4.69) is 17.2 Å². The molecule has 2 fully saturated rings. The van der Waals surface area contributed by atoms with Crippen molar-refractivity contribution in [1.82, 2.24) is 15.1 Å². The van der Waals surface area contributed by atoms with Gasteiger partial charge in [-0.15, -0.1) is 5.92 Å². The van der Waals surface area contributed by atoms with Crippen molar-refractivity contribution in [2.75, 3.05) is 19.6 Å². The number of carbonyl (C=O) groups excluding carboxylic acids is 3. The predicted octanol–water partition coefficient (Wildman–Crippen LogP) is 4.28. The highest BCUT2D eigenvalue weighted by Gasteiger charge is 2.55. The number of hydrogen-bond acceptors (Lipinski definition) is 3. The van der Waals surface area contributed by atoms with Gasteiger partial charge >= 0.3 is 6.03 Å². The lowest BCUT2D eigenvalue weighted by molar-refractivity contribution is -0.133. The van der Waals surface area contributed by atoms with Crippen molar-refractivity contribution in [3.63, 3.8) is 0 Å². The maximum absolute atomic E-state index is 14.4. The normalized spacial score (nSPS) is 20.4. The number of piperidine rings is 1. The first-order chi connectivity index (χ1) is 16.9. The molecule has 2 aromatic carbocycles. The van der Waals surface area contributed by atoms with Crippen LogP contribution in [0, 0.1) is 23.6 Å². The Kier molecular flexibility index (Phi) is 7.42. The van der Waals surface area contributed by atoms with Crippen LogP contribution in [0.1, 0.15) is 42.1 Å². The van der Waals surface area contributed by atoms with Gasteiger partial charge < -0.3 is 10.2 Å². The summed E-state index contributed by atoms with van der Waals surface area (Å²) >= 11 is 5.85. The summed E-state index contributed by atoms with van der Waals surface area (Å²) in [4.78, 5) is 42.1. The summed E-state index contributed by atoms with van der Waals surface area (Å²) in [6.07, 6.45) is 2.07. The van der Waals surface area contributed by atoms with Crippen molar-refractivity contribution in [3.05, 3.63) is 70.5 Å². The van der Waals surface area contributed by atoms with Gasteiger partial charge in [-0.25, -0.2) is 9.18 Å². The molecule has 0 saturated carbocycles. The Hall–Kier alpha value is -3.37. The van der Waals surface area contributed by atoms with Gasteiger partial charge in [-0.05, 0) is 56.2 Å². The average molecular weight is 496 g/mol. The number of carbonyl (C=O) groups is 3. The Morgan fingerprint density at radius 1 is 1.14 bits per heavy atom. The summed E-state index contributed by atoms with van der Waals surface area (Å²) in [7, 11) is 0. The van der Waals surface area contributed by atoms with E-state index in [9.17, 15) is 18.8 Å². The second-order valence-electron chi connectivity index (χ2n) is 8.87. The van der Waals surface area contributed by atoms with Crippen LogP contribution in [0.15, 0.2) is 48.5 Å². The number of nitrogens with zero attached hydrogens (tertiary/aromatic N) is 2. The molecule has 2 aromatic rings. The van der Waals surface area contributed by atoms with Crippen molar-refractivity contribution in [1.29, 1.82) is 0 Å². The largest absolute Gasteiger partial charge is 0.339 e. The molecule has 0 unspecified atom stereocenters. The van der Waals surface area contributed by atoms with Gasteiger partial charge in [0.25, 0.3) is 11.8 Å². The Labute approximate surface area is 209 Å². The van der Waals surface area contributed by atoms with Crippen molar-refractivity contribution in [2.24, 2.45) is 5.92 Å². The van der Waals surface area contributed by atoms with Crippen molar-refractivity contribution in [2.45, 2.75) is 38.1 Å². The van der Waals surface area contributed by atoms with Crippen molar-refractivity contribution < 1.29 is 18.8 Å². The molecule has 0 radical (unpaired) electrons. The lowest BCUT2D eigenvalue weighted by Gasteiger charge is -2.41. The van der Waals surface area contributed by atoms with E-state index in [1.54, 1.807) is 17.9 Å². The van der Waals surface area contributed by atoms with Crippen LogP contribution < -0.4 is 5.32 Å². The molecule has 0 spiro atoms. The summed E-state index contributed by atoms with van der Waals surface area (Å²) in [5, 5.41) is 2.90. The second kappa shape index (κ2) is 10.5. The Morgan fingerprint density at radius 3 is 2.54 bits per heavy atom. The molecular formula is C27H27ClFN3O3. The molecule has 6 nitrogen and oxygen atoms in total. The average Bonchev–Trinajstić information content (AvgIpc) is 3.13. The summed E-state index contributed by atoms with van der Waals surface area (Å²) in [6, 6.07) is 13.7. The molecule has 2 aliphatic rings. The zero-order valence-electron chi connectivity index (χ0n) is 19.5. The molecule has 1 N–H and O–H groups in total. The van der Waals surface area contributed by atoms with Gasteiger partial charge in [-0.3, -0.25) is 14.5 Å². The first-order valence-corrected chi connectivity index (χ1v) is 12.1. The van der Waals surface area contributed by atoms with Crippen molar-refractivity contribution >= 4 is 29.4 Å². The third-order valence-corrected chi connectivity index (χ3v) is 7.22. The maximum atomic E-state index is 14.4. The minimum Gasteiger partial charge on any atom is -0.339 e. The van der Waals surface area contributed by atoms with E-state index in [0.717, 1.165) is 5.56 Å². The molecule has 35 heavy (non-hydrogen) atoms. The zero-order chi connectivity index (χ0) is 25.0. The number of nitrogens with one attached hydrogen (secondary N) is 1. The van der Waals surface area contributed by atoms with Gasteiger partial charge in [-0.2, -0.15) is 0 Å². The highest BCUT2D eigenvalue weighted by Crippen LogP contribution is 2.37. The number of benzene rings is 2. The van der Waals surface area contributed by atoms with Gasteiger partial charge in [0.2, 0.25) is 0 Å². The molecule has 1 atom stereocenters. The molecule has 0 aliphatic carbocycles. The second-order valence-corrected chi connectivity index (χ2v) is 9.28. The van der Waals surface area contributed by atoms with Crippen LogP contribution in [0.25, 0.3) is 0 Å². The molecule has 2 saturated heterocycles. The van der Waals surface area contributed by atoms with Crippen LogP contribution in [0.3, 0.4) is 0 Å². The lowest BCUT2D eigenvalue weighted by Crippen LogP contribution is -2.57. The molecule has 4 amide bonds. The summed E-state index contributed by atoms with van der Waals surface area (Å²) < 4.78 is 14.4. The predicted molar refractivity (Wildman–Crippen MR) is 131 cm³/mol. The van der Waals surface area contributed by atoms with E-state index in [1.165, 1.54) is 17.0 Å². The highest BCUT2D eigenvalue weighted by atomic mass is 35.5. The van der Waals surface area contributed by atoms with Gasteiger partial charge in [-0.1, -0.05) is 53.9 Å². The van der Waals surface area contributed by atoms with E-state index in [1.807, 2.05) is 30.3 Å². The molecular weight excluding hydrogens is 469 g/mol. The van der Waals surface area contributed by atoms with Crippen LogP contribution in [-0.4, -0.2) is 52.8 Å². The molecule has 2 heterocycles. The molecule has 2 aliphatic heterocycles. The zero-order valence-corrected chi connectivity index (χ0v) is 20.3. The summed E-state index contributed by atoms with van der Waals surface area (Å²) in [5.74, 6) is 3.95. The fraction of sp³-hybridized carbons (Fsp3) is 0.370. The van der Waals surface area contributed by atoms with Crippen LogP contribution in [0.5, 0.6) is 0 Å². The SMILES string of the molecule is CC#CCN1C(=O)N[C@](CCc2ccccc2)(C2CCN(C(=O)c3cccc(Cl)c3F)CC2)C1=O. The van der Waals surface area contributed by atoms with E-state index in [0.29, 0.717) is 38.8 Å². The first kappa shape index (κ1) is 24.7. The van der Waals surface area contributed by atoms with Crippen LogP contribution in [0.2, 0.25) is 5.02 Å². The van der Waals surface area contributed by atoms with Crippen LogP contribution >= 0.6 is 11.6 Å². The van der Waals surface area contributed by atoms with Gasteiger partial charge in [0, 0.05) is 13.1 Å². The van der Waals surface area contributed by atoms with E-state index < -0.39 is 23.3 Å². The Balaban J connectivity index is 1.54. The third-order valence-electron chi connectivity index (χ3n) is 6.93. The number of hydrogen-bond donors (Lipinski definition) is 1. The Morgan fingerprint density at radius 2 is 1.86 bits per heavy atom. The fourth-order valence-corrected chi connectivity index (χ4v) is 5.17. The van der Waals surface area contributed by atoms with E-state index in [4.69, 9.17) is 11.6 Å². The quantitative estimate of drug-likeness (QED) is 0.480. The standard InChI is InChI=1S/C27H27ClFN3O3/c1-2-3-16-32-25(34)27(30-26(32)35,15-12-19-8-5-4-6-9-19)20-13-17-31(18-14-20)24(33)21-10-7-11-22(28)23(21)29/h4-11,20H,12-18H2,1H3,(H,30,35)/t27-/m1/s1. The summed E-state index contributed by atoms with van der Waals surface area (Å²) in [5.41, 5.74) is -0.0622. The molecule has 0 bridgehead atoms. The minimum absolute atomic E-state index is 0.0413. The number of rotatable bonds is 6. The topological polar surface area (TPSA) is 69.7 Å². The fourth-order valence-electron chi connectivity index (χ4n) is 5.00. The van der Waals surface area contributed by atoms with E-state index >= 15 is 0 Å². The number of aryl methyl sites for hydroxylation is 1. The molecule has 4 rings (SSSR count). The smallest absolute Gasteiger partial charge is 0.325 e. The highest BCUT2D eigenvalue weighted by molar-refractivity contribution is 6.31. The third kappa shape index (κ3) is 4.89. The number of imide groups is 1. The molecule has 8 heteroatoms. The monoisotopic (exact) mass is 495 g/mol. The van der Waals surface area contributed by atoms with Gasteiger partial charge in [0.1, 0.15) is 5.54 Å². The number of likely N-dealkylation sites (tertiary alicyclic amines) is 1. The first-order valence-electron chi connectivity index (χ1n) is 11.7. The summed E-state index contributed by atoms with van der Waals surface area (Å²) in [6.45, 7) is 2.40. The van der Waals surface area contributed by atoms with Crippen molar-refractivity contribution in [3.8, 4) is 11.8 Å². The molecule has 0 aromatic heterocycles. The number of urea groups is 1. The van der Waals surface area contributed by atoms with E-state index in [-0.39, 0.29) is 29.0 Å². The number of amides is 4. The van der Waals surface area contributed by atoms with Gasteiger partial charge in [0.15, 0.2) is 5.82 Å². The Bertz CT molecular complexity index is 1190. The van der Waals surface area contributed by atoms with Crippen LogP contribution in [0.4, 0.5) is 9.18 Å². The maximum Gasteiger partial charge on any atom is 0.325 e. The van der Waals surface area contributed by atoms with Crippen LogP contribution in [-0.2, 0) is 11.2 Å². The van der Waals surface area contributed by atoms with Gasteiger partial charge in [0.05, 0.1) is 17.1 Å². The number of halogens is 2.